The second-order valence-corrected chi connectivity index (χ2v) is 5.36. The molecule has 0 radical (unpaired) electrons. The van der Waals surface area contributed by atoms with Gasteiger partial charge in [0, 0.05) is 30.7 Å². The summed E-state index contributed by atoms with van der Waals surface area (Å²) in [6.07, 6.45) is 0. The molecule has 0 aliphatic rings. The Labute approximate surface area is 153 Å². The van der Waals surface area contributed by atoms with Crippen LogP contribution in [0.4, 0.5) is 11.5 Å². The van der Waals surface area contributed by atoms with E-state index in [2.05, 4.69) is 34.9 Å². The molecule has 1 aromatic heterocycles. The van der Waals surface area contributed by atoms with Crippen molar-refractivity contribution in [1.82, 2.24) is 4.98 Å². The van der Waals surface area contributed by atoms with Gasteiger partial charge in [0.15, 0.2) is 11.5 Å². The molecule has 3 aromatic rings. The first kappa shape index (κ1) is 18.7. The highest BCUT2D eigenvalue weighted by atomic mass is 35.5. The Hall–Kier alpha value is -2.66. The van der Waals surface area contributed by atoms with Crippen LogP contribution < -0.4 is 20.1 Å². The van der Waals surface area contributed by atoms with E-state index < -0.39 is 0 Å². The number of halogens is 1. The zero-order chi connectivity index (χ0) is 17.1. The lowest BCUT2D eigenvalue weighted by Gasteiger charge is -2.12. The van der Waals surface area contributed by atoms with Crippen molar-refractivity contribution < 1.29 is 9.47 Å². The molecule has 2 N–H and O–H groups in total. The van der Waals surface area contributed by atoms with E-state index in [4.69, 9.17) is 14.5 Å². The molecular weight excluding hydrogens is 338 g/mol. The maximum absolute atomic E-state index is 5.40. The number of rotatable bonds is 5. The number of hydrogen-bond acceptors (Lipinski definition) is 5. The summed E-state index contributed by atoms with van der Waals surface area (Å²) >= 11 is 0. The third-order valence-corrected chi connectivity index (χ3v) is 4.04. The molecule has 0 unspecified atom stereocenters. The van der Waals surface area contributed by atoms with Crippen LogP contribution in [0, 0.1) is 0 Å². The highest BCUT2D eigenvalue weighted by Gasteiger charge is 2.11. The van der Waals surface area contributed by atoms with E-state index in [-0.39, 0.29) is 12.4 Å². The molecule has 1 heterocycles. The van der Waals surface area contributed by atoms with E-state index in [1.165, 1.54) is 0 Å². The summed E-state index contributed by atoms with van der Waals surface area (Å²) in [6.45, 7) is 0. The number of fused-ring (bicyclic) bond motifs is 1. The number of aromatic nitrogens is 1. The maximum Gasteiger partial charge on any atom is 0.161 e. The van der Waals surface area contributed by atoms with Gasteiger partial charge < -0.3 is 20.1 Å². The Kier molecular flexibility index (Phi) is 5.93. The van der Waals surface area contributed by atoms with E-state index in [1.807, 2.05) is 32.3 Å². The van der Waals surface area contributed by atoms with Crippen LogP contribution in [0.5, 0.6) is 11.5 Å². The van der Waals surface area contributed by atoms with Crippen molar-refractivity contribution in [2.75, 3.05) is 38.9 Å². The summed E-state index contributed by atoms with van der Waals surface area (Å²) in [5.41, 5.74) is 2.91. The van der Waals surface area contributed by atoms with Crippen molar-refractivity contribution >= 4 is 34.7 Å². The molecule has 6 heteroatoms. The lowest BCUT2D eigenvalue weighted by Crippen LogP contribution is -1.97. The molecule has 0 saturated carbocycles. The average molecular weight is 360 g/mol. The lowest BCUT2D eigenvalue weighted by atomic mass is 10.1. The molecule has 0 fully saturated rings. The summed E-state index contributed by atoms with van der Waals surface area (Å²) in [4.78, 5) is 4.76. The largest absolute Gasteiger partial charge is 0.493 e. The van der Waals surface area contributed by atoms with Gasteiger partial charge in [-0.3, -0.25) is 0 Å². The Morgan fingerprint density at radius 3 is 2.24 bits per heavy atom. The van der Waals surface area contributed by atoms with Gasteiger partial charge in [-0.1, -0.05) is 6.07 Å². The van der Waals surface area contributed by atoms with E-state index in [0.29, 0.717) is 11.5 Å². The van der Waals surface area contributed by atoms with Crippen molar-refractivity contribution in [2.24, 2.45) is 0 Å². The van der Waals surface area contributed by atoms with Crippen molar-refractivity contribution in [1.29, 1.82) is 0 Å². The number of anilines is 2. The van der Waals surface area contributed by atoms with Crippen molar-refractivity contribution in [3.63, 3.8) is 0 Å². The van der Waals surface area contributed by atoms with Gasteiger partial charge in [-0.15, -0.1) is 12.4 Å². The quantitative estimate of drug-likeness (QED) is 0.706. The van der Waals surface area contributed by atoms with Crippen LogP contribution in [0.2, 0.25) is 0 Å². The predicted molar refractivity (Wildman–Crippen MR) is 107 cm³/mol. The molecule has 0 amide bonds. The molecule has 3 rings (SSSR count). The Bertz CT molecular complexity index is 884. The lowest BCUT2D eigenvalue weighted by molar-refractivity contribution is 0.355. The number of nitrogens with one attached hydrogen (secondary N) is 2. The van der Waals surface area contributed by atoms with E-state index in [1.54, 1.807) is 14.2 Å². The summed E-state index contributed by atoms with van der Waals surface area (Å²) in [5.74, 6) is 2.23. The van der Waals surface area contributed by atoms with Gasteiger partial charge in [0.2, 0.25) is 0 Å². The summed E-state index contributed by atoms with van der Waals surface area (Å²) < 4.78 is 10.7. The van der Waals surface area contributed by atoms with Crippen LogP contribution in [0.15, 0.2) is 42.5 Å². The summed E-state index contributed by atoms with van der Waals surface area (Å²) in [7, 11) is 7.05. The SMILES string of the molecule is CNc1ccc2cc(-c3ccc(OC)c(OC)c3)nc(NC)c2c1.Cl. The predicted octanol–water partition coefficient (Wildman–Crippen LogP) is 4.42. The van der Waals surface area contributed by atoms with E-state index in [9.17, 15) is 0 Å². The van der Waals surface area contributed by atoms with Crippen LogP contribution >= 0.6 is 12.4 Å². The fourth-order valence-corrected chi connectivity index (χ4v) is 2.74. The van der Waals surface area contributed by atoms with Gasteiger partial charge in [0.05, 0.1) is 19.9 Å². The van der Waals surface area contributed by atoms with Crippen molar-refractivity contribution in [3.8, 4) is 22.8 Å². The van der Waals surface area contributed by atoms with Gasteiger partial charge in [0.1, 0.15) is 5.82 Å². The normalized spacial score (nSPS) is 10.1. The minimum atomic E-state index is 0. The molecule has 2 aromatic carbocycles. The van der Waals surface area contributed by atoms with Gasteiger partial charge in [-0.05, 0) is 41.8 Å². The Morgan fingerprint density at radius 1 is 0.840 bits per heavy atom. The van der Waals surface area contributed by atoms with Crippen LogP contribution in [-0.2, 0) is 0 Å². The molecule has 25 heavy (non-hydrogen) atoms. The number of benzene rings is 2. The van der Waals surface area contributed by atoms with Crippen LogP contribution in [0.3, 0.4) is 0 Å². The topological polar surface area (TPSA) is 55.4 Å². The molecular formula is C19H22ClN3O2. The first-order valence-corrected chi connectivity index (χ1v) is 7.73. The molecule has 132 valence electrons. The van der Waals surface area contributed by atoms with Gasteiger partial charge in [-0.25, -0.2) is 4.98 Å². The first-order valence-electron chi connectivity index (χ1n) is 7.73. The third-order valence-electron chi connectivity index (χ3n) is 4.04. The highest BCUT2D eigenvalue weighted by Crippen LogP contribution is 2.34. The third kappa shape index (κ3) is 3.56. The molecule has 0 saturated heterocycles. The molecule has 0 spiro atoms. The van der Waals surface area contributed by atoms with Crippen molar-refractivity contribution in [3.05, 3.63) is 42.5 Å². The number of methoxy groups -OCH3 is 2. The maximum atomic E-state index is 5.40. The minimum absolute atomic E-state index is 0. The van der Waals surface area contributed by atoms with Gasteiger partial charge in [-0.2, -0.15) is 0 Å². The summed E-state index contributed by atoms with van der Waals surface area (Å²) in [5, 5.41) is 8.55. The van der Waals surface area contributed by atoms with Crippen molar-refractivity contribution in [2.45, 2.75) is 0 Å². The second-order valence-electron chi connectivity index (χ2n) is 5.36. The van der Waals surface area contributed by atoms with Crippen LogP contribution in [0.25, 0.3) is 22.0 Å². The fourth-order valence-electron chi connectivity index (χ4n) is 2.74. The number of ether oxygens (including phenoxy) is 2. The number of pyridine rings is 1. The number of hydrogen-bond donors (Lipinski definition) is 2. The monoisotopic (exact) mass is 359 g/mol. The number of nitrogens with zero attached hydrogens (tertiary/aromatic N) is 1. The Morgan fingerprint density at radius 2 is 1.60 bits per heavy atom. The smallest absolute Gasteiger partial charge is 0.161 e. The summed E-state index contributed by atoms with van der Waals surface area (Å²) in [6, 6.07) is 14.1. The van der Waals surface area contributed by atoms with Crippen LogP contribution in [-0.4, -0.2) is 33.3 Å². The van der Waals surface area contributed by atoms with Crippen LogP contribution in [0.1, 0.15) is 0 Å². The van der Waals surface area contributed by atoms with E-state index >= 15 is 0 Å². The molecule has 0 atom stereocenters. The Balaban J connectivity index is 0.00000225. The highest BCUT2D eigenvalue weighted by molar-refractivity contribution is 5.96. The molecule has 0 aliphatic carbocycles. The zero-order valence-electron chi connectivity index (χ0n) is 14.7. The average Bonchev–Trinajstić information content (AvgIpc) is 2.65. The molecule has 0 aliphatic heterocycles. The molecule has 5 nitrogen and oxygen atoms in total. The second kappa shape index (κ2) is 7.94. The van der Waals surface area contributed by atoms with Gasteiger partial charge >= 0.3 is 0 Å². The van der Waals surface area contributed by atoms with Gasteiger partial charge in [0.25, 0.3) is 0 Å². The first-order chi connectivity index (χ1) is 11.7. The fraction of sp³-hybridized carbons (Fsp3) is 0.211. The standard InChI is InChI=1S/C19H21N3O2.ClH/c1-20-14-7-5-12-9-16(22-19(21-2)15(12)11-14)13-6-8-17(23-3)18(10-13)24-4;/h5-11,20H,1-4H3,(H,21,22);1H. The van der Waals surface area contributed by atoms with E-state index in [0.717, 1.165) is 33.5 Å². The zero-order valence-corrected chi connectivity index (χ0v) is 15.5. The minimum Gasteiger partial charge on any atom is -0.493 e. The molecule has 0 bridgehead atoms.